The molecule has 0 radical (unpaired) electrons. The lowest BCUT2D eigenvalue weighted by molar-refractivity contribution is 0.865. The van der Waals surface area contributed by atoms with Gasteiger partial charge >= 0.3 is 0 Å². The molecule has 0 aliphatic rings. The number of rotatable bonds is 2. The van der Waals surface area contributed by atoms with E-state index in [1.54, 1.807) is 6.20 Å². The van der Waals surface area contributed by atoms with Gasteiger partial charge in [0.1, 0.15) is 5.82 Å². The Morgan fingerprint density at radius 1 is 0.909 bits per heavy atom. The number of hydrogen-bond acceptors (Lipinski definition) is 2. The van der Waals surface area contributed by atoms with Gasteiger partial charge in [0.15, 0.2) is 0 Å². The first-order valence-corrected chi connectivity index (χ1v) is 7.29. The Balaban J connectivity index is 2.06. The fourth-order valence-corrected chi connectivity index (χ4v) is 2.71. The lowest BCUT2D eigenvalue weighted by Crippen LogP contribution is -2.06. The zero-order valence-corrected chi connectivity index (χ0v) is 12.6. The Hall–Kier alpha value is -2.88. The molecule has 0 unspecified atom stereocenters. The SMILES string of the molecule is Cc1ccc(-n2c(-n3ccnc3C)nc3ccccc32)cc1. The van der Waals surface area contributed by atoms with Crippen LogP contribution in [0.15, 0.2) is 60.9 Å². The Kier molecular flexibility index (Phi) is 2.82. The molecule has 4 aromatic rings. The summed E-state index contributed by atoms with van der Waals surface area (Å²) in [6.07, 6.45) is 3.75. The number of hydrogen-bond donors (Lipinski definition) is 0. The largest absolute Gasteiger partial charge is 0.278 e. The third-order valence-electron chi connectivity index (χ3n) is 3.88. The average Bonchev–Trinajstić information content (AvgIpc) is 3.11. The van der Waals surface area contributed by atoms with Gasteiger partial charge in [-0.1, -0.05) is 29.8 Å². The van der Waals surface area contributed by atoms with Gasteiger partial charge in [-0.2, -0.15) is 0 Å². The predicted octanol–water partition coefficient (Wildman–Crippen LogP) is 3.83. The van der Waals surface area contributed by atoms with Crippen LogP contribution < -0.4 is 0 Å². The van der Waals surface area contributed by atoms with E-state index in [-0.39, 0.29) is 0 Å². The van der Waals surface area contributed by atoms with Crippen molar-refractivity contribution in [1.29, 1.82) is 0 Å². The molecule has 0 saturated carbocycles. The van der Waals surface area contributed by atoms with E-state index in [0.29, 0.717) is 0 Å². The normalized spacial score (nSPS) is 11.2. The molecule has 2 heterocycles. The molecule has 4 nitrogen and oxygen atoms in total. The van der Waals surface area contributed by atoms with Crippen molar-refractivity contribution in [3.63, 3.8) is 0 Å². The molecule has 0 saturated heterocycles. The summed E-state index contributed by atoms with van der Waals surface area (Å²) in [4.78, 5) is 9.12. The summed E-state index contributed by atoms with van der Waals surface area (Å²) in [7, 11) is 0. The smallest absolute Gasteiger partial charge is 0.221 e. The number of aryl methyl sites for hydroxylation is 2. The fraction of sp³-hybridized carbons (Fsp3) is 0.111. The maximum Gasteiger partial charge on any atom is 0.221 e. The number of aromatic nitrogens is 4. The highest BCUT2D eigenvalue weighted by molar-refractivity contribution is 5.79. The third-order valence-corrected chi connectivity index (χ3v) is 3.88. The van der Waals surface area contributed by atoms with Crippen molar-refractivity contribution in [3.8, 4) is 11.6 Å². The second kappa shape index (κ2) is 4.84. The van der Waals surface area contributed by atoms with Gasteiger partial charge in [0.2, 0.25) is 5.95 Å². The van der Waals surface area contributed by atoms with E-state index in [1.165, 1.54) is 5.56 Å². The van der Waals surface area contributed by atoms with Crippen LogP contribution in [0.2, 0.25) is 0 Å². The van der Waals surface area contributed by atoms with Gasteiger partial charge in [-0.05, 0) is 38.1 Å². The Bertz CT molecular complexity index is 945. The van der Waals surface area contributed by atoms with Crippen LogP contribution in [0.5, 0.6) is 0 Å². The highest BCUT2D eigenvalue weighted by atomic mass is 15.3. The van der Waals surface area contributed by atoms with Crippen molar-refractivity contribution in [1.82, 2.24) is 19.1 Å². The second-order valence-electron chi connectivity index (χ2n) is 5.42. The van der Waals surface area contributed by atoms with Gasteiger partial charge in [-0.15, -0.1) is 0 Å². The molecule has 0 spiro atoms. The van der Waals surface area contributed by atoms with Crippen LogP contribution in [0.3, 0.4) is 0 Å². The fourth-order valence-electron chi connectivity index (χ4n) is 2.71. The van der Waals surface area contributed by atoms with Crippen molar-refractivity contribution >= 4 is 11.0 Å². The first kappa shape index (κ1) is 12.8. The first-order chi connectivity index (χ1) is 10.7. The zero-order chi connectivity index (χ0) is 15.1. The molecule has 4 rings (SSSR count). The van der Waals surface area contributed by atoms with Crippen molar-refractivity contribution in [2.75, 3.05) is 0 Å². The highest BCUT2D eigenvalue weighted by Gasteiger charge is 2.14. The minimum absolute atomic E-state index is 0.861. The molecular weight excluding hydrogens is 272 g/mol. The van der Waals surface area contributed by atoms with Gasteiger partial charge in [0.25, 0.3) is 0 Å². The molecule has 0 atom stereocenters. The molecule has 108 valence electrons. The summed E-state index contributed by atoms with van der Waals surface area (Å²) >= 11 is 0. The highest BCUT2D eigenvalue weighted by Crippen LogP contribution is 2.24. The Morgan fingerprint density at radius 3 is 2.41 bits per heavy atom. The molecule has 4 heteroatoms. The van der Waals surface area contributed by atoms with E-state index in [4.69, 9.17) is 4.98 Å². The summed E-state index contributed by atoms with van der Waals surface area (Å²) < 4.78 is 4.18. The van der Waals surface area contributed by atoms with Crippen LogP contribution in [0.25, 0.3) is 22.7 Å². The summed E-state index contributed by atoms with van der Waals surface area (Å²) in [5.41, 5.74) is 4.41. The maximum atomic E-state index is 4.80. The standard InChI is InChI=1S/C18H16N4/c1-13-7-9-15(10-8-13)22-17-6-4-3-5-16(17)20-18(22)21-12-11-19-14(21)2/h3-12H,1-2H3. The molecule has 0 bridgehead atoms. The summed E-state index contributed by atoms with van der Waals surface area (Å²) in [6, 6.07) is 16.7. The molecule has 0 aliphatic heterocycles. The van der Waals surface area contributed by atoms with Crippen molar-refractivity contribution in [2.24, 2.45) is 0 Å². The van der Waals surface area contributed by atoms with Gasteiger partial charge in [0.05, 0.1) is 11.0 Å². The summed E-state index contributed by atoms with van der Waals surface area (Å²) in [5, 5.41) is 0. The number of imidazole rings is 2. The van der Waals surface area contributed by atoms with Crippen molar-refractivity contribution in [2.45, 2.75) is 13.8 Å². The van der Waals surface area contributed by atoms with E-state index in [1.807, 2.05) is 35.9 Å². The molecular formula is C18H16N4. The second-order valence-corrected chi connectivity index (χ2v) is 5.42. The number of para-hydroxylation sites is 2. The van der Waals surface area contributed by atoms with Crippen LogP contribution >= 0.6 is 0 Å². The number of benzene rings is 2. The summed E-state index contributed by atoms with van der Waals surface area (Å²) in [5.74, 6) is 1.78. The number of nitrogens with zero attached hydrogens (tertiary/aromatic N) is 4. The van der Waals surface area contributed by atoms with Gasteiger partial charge in [-0.25, -0.2) is 9.97 Å². The van der Waals surface area contributed by atoms with E-state index in [2.05, 4.69) is 46.8 Å². The van der Waals surface area contributed by atoms with Gasteiger partial charge in [-0.3, -0.25) is 9.13 Å². The molecule has 0 fully saturated rings. The van der Waals surface area contributed by atoms with Crippen LogP contribution in [0.4, 0.5) is 0 Å². The molecule has 0 aliphatic carbocycles. The summed E-state index contributed by atoms with van der Waals surface area (Å²) in [6.45, 7) is 4.08. The third kappa shape index (κ3) is 1.92. The van der Waals surface area contributed by atoms with E-state index < -0.39 is 0 Å². The number of fused-ring (bicyclic) bond motifs is 1. The Labute approximate surface area is 128 Å². The molecule has 0 amide bonds. The van der Waals surface area contributed by atoms with E-state index in [9.17, 15) is 0 Å². The van der Waals surface area contributed by atoms with Crippen LogP contribution in [0, 0.1) is 13.8 Å². The van der Waals surface area contributed by atoms with Crippen molar-refractivity contribution in [3.05, 3.63) is 72.3 Å². The van der Waals surface area contributed by atoms with E-state index in [0.717, 1.165) is 28.5 Å². The lowest BCUT2D eigenvalue weighted by Gasteiger charge is -2.11. The zero-order valence-electron chi connectivity index (χ0n) is 12.6. The first-order valence-electron chi connectivity index (χ1n) is 7.29. The van der Waals surface area contributed by atoms with Gasteiger partial charge < -0.3 is 0 Å². The molecule has 22 heavy (non-hydrogen) atoms. The van der Waals surface area contributed by atoms with Crippen LogP contribution in [0.1, 0.15) is 11.4 Å². The Morgan fingerprint density at radius 2 is 1.68 bits per heavy atom. The molecule has 2 aromatic heterocycles. The van der Waals surface area contributed by atoms with Crippen LogP contribution in [-0.2, 0) is 0 Å². The topological polar surface area (TPSA) is 35.6 Å². The minimum Gasteiger partial charge on any atom is -0.278 e. The van der Waals surface area contributed by atoms with Gasteiger partial charge in [0, 0.05) is 18.1 Å². The van der Waals surface area contributed by atoms with Crippen molar-refractivity contribution < 1.29 is 0 Å². The molecule has 0 N–H and O–H groups in total. The molecule has 2 aromatic carbocycles. The predicted molar refractivity (Wildman–Crippen MR) is 87.7 cm³/mol. The maximum absolute atomic E-state index is 4.80. The van der Waals surface area contributed by atoms with Crippen LogP contribution in [-0.4, -0.2) is 19.1 Å². The lowest BCUT2D eigenvalue weighted by atomic mass is 10.2. The minimum atomic E-state index is 0.861. The average molecular weight is 288 g/mol. The monoisotopic (exact) mass is 288 g/mol. The van der Waals surface area contributed by atoms with E-state index >= 15 is 0 Å². The quantitative estimate of drug-likeness (QED) is 0.562.